The van der Waals surface area contributed by atoms with Crippen LogP contribution in [0.25, 0.3) is 0 Å². The van der Waals surface area contributed by atoms with Crippen molar-refractivity contribution in [2.24, 2.45) is 0 Å². The lowest BCUT2D eigenvalue weighted by molar-refractivity contribution is -0.0853. The summed E-state index contributed by atoms with van der Waals surface area (Å²) in [6.45, 7) is 0. The van der Waals surface area contributed by atoms with Gasteiger partial charge in [0.25, 0.3) is 0 Å². The second-order valence-electron chi connectivity index (χ2n) is 3.72. The van der Waals surface area contributed by atoms with Gasteiger partial charge in [-0.15, -0.1) is 0 Å². The molecule has 6 heteroatoms. The van der Waals surface area contributed by atoms with E-state index in [1.165, 1.54) is 0 Å². The molecule has 0 heterocycles. The summed E-state index contributed by atoms with van der Waals surface area (Å²) in [4.78, 5) is 0. The van der Waals surface area contributed by atoms with Crippen LogP contribution in [0, 0.1) is 0 Å². The van der Waals surface area contributed by atoms with E-state index in [4.69, 9.17) is 0 Å². The molecule has 1 fully saturated rings. The maximum Gasteiger partial charge on any atom is 0.423 e. The summed E-state index contributed by atoms with van der Waals surface area (Å²) >= 11 is 5.34. The number of allylic oxidation sites excluding steroid dienone is 1. The van der Waals surface area contributed by atoms with Gasteiger partial charge in [-0.2, -0.15) is 13.2 Å². The van der Waals surface area contributed by atoms with Gasteiger partial charge in [0.2, 0.25) is 0 Å². The fraction of sp³-hybridized carbons (Fsp3) is 0.778. The van der Waals surface area contributed by atoms with Gasteiger partial charge < -0.3 is 5.11 Å². The summed E-state index contributed by atoms with van der Waals surface area (Å²) in [6, 6.07) is 0. The number of halogens is 5. The average molecular weight is 352 g/mol. The van der Waals surface area contributed by atoms with Gasteiger partial charge in [-0.05, 0) is 28.8 Å². The van der Waals surface area contributed by atoms with E-state index in [9.17, 15) is 18.3 Å². The quantitative estimate of drug-likeness (QED) is 0.749. The lowest BCUT2D eigenvalue weighted by atomic mass is 9.84. The summed E-state index contributed by atoms with van der Waals surface area (Å²) in [5.41, 5.74) is -1.35. The summed E-state index contributed by atoms with van der Waals surface area (Å²) in [6.07, 6.45) is -1.23. The van der Waals surface area contributed by atoms with Crippen LogP contribution in [0.4, 0.5) is 13.2 Å². The van der Waals surface area contributed by atoms with E-state index in [1.54, 1.807) is 0 Å². The minimum absolute atomic E-state index is 0.179. The third kappa shape index (κ3) is 3.20. The molecule has 0 atom stereocenters. The predicted octanol–water partition coefficient (Wildman–Crippen LogP) is 4.25. The molecule has 1 rings (SSSR count). The molecule has 0 radical (unpaired) electrons. The maximum absolute atomic E-state index is 12.4. The minimum Gasteiger partial charge on any atom is -0.385 e. The molecule has 0 aliphatic heterocycles. The summed E-state index contributed by atoms with van der Waals surface area (Å²) in [7, 11) is 0. The molecule has 0 saturated heterocycles. The Morgan fingerprint density at radius 1 is 1.07 bits per heavy atom. The first-order valence-electron chi connectivity index (χ1n) is 4.63. The Labute approximate surface area is 103 Å². The standard InChI is InChI=1S/C9H11Br2F3O/c10-6(7(11)9(12,13)14)8(15)4-2-1-3-5-8/h15H,1-5H2/b7-6+. The van der Waals surface area contributed by atoms with Crippen LogP contribution in [0.2, 0.25) is 0 Å². The molecular formula is C9H11Br2F3O. The van der Waals surface area contributed by atoms with Crippen LogP contribution in [0.1, 0.15) is 32.1 Å². The van der Waals surface area contributed by atoms with Crippen molar-refractivity contribution in [3.63, 3.8) is 0 Å². The van der Waals surface area contributed by atoms with E-state index in [-0.39, 0.29) is 4.48 Å². The highest BCUT2D eigenvalue weighted by atomic mass is 79.9. The second-order valence-corrected chi connectivity index (χ2v) is 5.30. The molecule has 0 aromatic rings. The zero-order valence-electron chi connectivity index (χ0n) is 7.87. The number of hydrogen-bond acceptors (Lipinski definition) is 1. The third-order valence-electron chi connectivity index (χ3n) is 2.53. The van der Waals surface area contributed by atoms with E-state index in [2.05, 4.69) is 31.9 Å². The highest BCUT2D eigenvalue weighted by Crippen LogP contribution is 2.44. The number of alkyl halides is 3. The highest BCUT2D eigenvalue weighted by molar-refractivity contribution is 9.14. The third-order valence-corrected chi connectivity index (χ3v) is 5.04. The van der Waals surface area contributed by atoms with Gasteiger partial charge in [-0.1, -0.05) is 35.2 Å². The Hall–Kier alpha value is 0.450. The fourth-order valence-corrected chi connectivity index (χ4v) is 2.68. The van der Waals surface area contributed by atoms with Gasteiger partial charge >= 0.3 is 6.18 Å². The van der Waals surface area contributed by atoms with Crippen LogP contribution < -0.4 is 0 Å². The molecule has 0 bridgehead atoms. The molecule has 0 aromatic heterocycles. The Kier molecular flexibility index (Phi) is 4.28. The van der Waals surface area contributed by atoms with Crippen molar-refractivity contribution in [3.8, 4) is 0 Å². The minimum atomic E-state index is -4.45. The summed E-state index contributed by atoms with van der Waals surface area (Å²) in [5.74, 6) is 0. The fourth-order valence-electron chi connectivity index (χ4n) is 1.68. The molecule has 1 saturated carbocycles. The molecule has 1 nitrogen and oxygen atoms in total. The normalized spacial score (nSPS) is 23.6. The van der Waals surface area contributed by atoms with E-state index >= 15 is 0 Å². The van der Waals surface area contributed by atoms with Crippen molar-refractivity contribution in [2.45, 2.75) is 43.9 Å². The van der Waals surface area contributed by atoms with Gasteiger partial charge in [-0.25, -0.2) is 0 Å². The molecule has 15 heavy (non-hydrogen) atoms. The zero-order chi connectivity index (χ0) is 11.7. The Morgan fingerprint density at radius 2 is 1.53 bits per heavy atom. The Morgan fingerprint density at radius 3 is 1.93 bits per heavy atom. The molecule has 1 aliphatic carbocycles. The lowest BCUT2D eigenvalue weighted by Gasteiger charge is -2.32. The Bertz CT molecular complexity index is 267. The van der Waals surface area contributed by atoms with Crippen molar-refractivity contribution in [2.75, 3.05) is 0 Å². The molecule has 0 unspecified atom stereocenters. The van der Waals surface area contributed by atoms with Crippen molar-refractivity contribution >= 4 is 31.9 Å². The topological polar surface area (TPSA) is 20.2 Å². The molecule has 88 valence electrons. The largest absolute Gasteiger partial charge is 0.423 e. The number of aliphatic hydroxyl groups is 1. The average Bonchev–Trinajstić information content (AvgIpc) is 2.15. The zero-order valence-corrected chi connectivity index (χ0v) is 11.0. The Balaban J connectivity index is 2.95. The van der Waals surface area contributed by atoms with Gasteiger partial charge in [0, 0.05) is 4.48 Å². The monoisotopic (exact) mass is 350 g/mol. The van der Waals surface area contributed by atoms with Crippen LogP contribution in [0.5, 0.6) is 0 Å². The van der Waals surface area contributed by atoms with E-state index in [0.717, 1.165) is 19.3 Å². The second kappa shape index (κ2) is 4.75. The molecule has 1 aliphatic rings. The van der Waals surface area contributed by atoms with Crippen molar-refractivity contribution in [1.82, 2.24) is 0 Å². The smallest absolute Gasteiger partial charge is 0.385 e. The first-order valence-corrected chi connectivity index (χ1v) is 6.21. The summed E-state index contributed by atoms with van der Waals surface area (Å²) in [5, 5.41) is 10.0. The predicted molar refractivity (Wildman–Crippen MR) is 59.0 cm³/mol. The van der Waals surface area contributed by atoms with Crippen molar-refractivity contribution in [3.05, 3.63) is 8.96 Å². The van der Waals surface area contributed by atoms with E-state index in [1.807, 2.05) is 0 Å². The molecule has 0 spiro atoms. The van der Waals surface area contributed by atoms with Crippen LogP contribution >= 0.6 is 31.9 Å². The van der Waals surface area contributed by atoms with Gasteiger partial charge in [0.1, 0.15) is 4.48 Å². The first-order chi connectivity index (χ1) is 6.77. The first kappa shape index (κ1) is 13.5. The number of rotatable bonds is 1. The van der Waals surface area contributed by atoms with Crippen molar-refractivity contribution in [1.29, 1.82) is 0 Å². The summed E-state index contributed by atoms with van der Waals surface area (Å²) < 4.78 is 36.0. The molecular weight excluding hydrogens is 341 g/mol. The van der Waals surface area contributed by atoms with Crippen LogP contribution in [-0.2, 0) is 0 Å². The molecule has 0 aromatic carbocycles. The van der Waals surface area contributed by atoms with Gasteiger partial charge in [0.05, 0.1) is 5.60 Å². The van der Waals surface area contributed by atoms with Crippen LogP contribution in [-0.4, -0.2) is 16.9 Å². The molecule has 0 amide bonds. The van der Waals surface area contributed by atoms with E-state index < -0.39 is 16.3 Å². The maximum atomic E-state index is 12.4. The molecule has 1 N–H and O–H groups in total. The van der Waals surface area contributed by atoms with Gasteiger partial charge in [-0.3, -0.25) is 0 Å². The SMILES string of the molecule is OC1(/C(Br)=C(\Br)C(F)(F)F)CCCCC1. The van der Waals surface area contributed by atoms with E-state index in [0.29, 0.717) is 12.8 Å². The van der Waals surface area contributed by atoms with Crippen molar-refractivity contribution < 1.29 is 18.3 Å². The van der Waals surface area contributed by atoms with Crippen LogP contribution in [0.3, 0.4) is 0 Å². The van der Waals surface area contributed by atoms with Crippen LogP contribution in [0.15, 0.2) is 8.96 Å². The highest BCUT2D eigenvalue weighted by Gasteiger charge is 2.41. The van der Waals surface area contributed by atoms with Gasteiger partial charge in [0.15, 0.2) is 0 Å². The lowest BCUT2D eigenvalue weighted by Crippen LogP contribution is -2.33. The number of hydrogen-bond donors (Lipinski definition) is 1.